The molecule has 1 unspecified atom stereocenters. The normalized spacial score (nSPS) is 17.4. The SMILES string of the molecule is COc1ccc(CCNC(=O)CCNCC2CCCO2)cc1. The maximum absolute atomic E-state index is 11.7. The number of rotatable bonds is 9. The molecule has 0 radical (unpaired) electrons. The van der Waals surface area contributed by atoms with Gasteiger partial charge in [0.1, 0.15) is 5.75 Å². The van der Waals surface area contributed by atoms with Crippen molar-refractivity contribution in [3.63, 3.8) is 0 Å². The number of carbonyl (C=O) groups excluding carboxylic acids is 1. The van der Waals surface area contributed by atoms with E-state index in [2.05, 4.69) is 10.6 Å². The quantitative estimate of drug-likeness (QED) is 0.679. The van der Waals surface area contributed by atoms with E-state index in [0.717, 1.165) is 38.2 Å². The van der Waals surface area contributed by atoms with Crippen LogP contribution in [0.25, 0.3) is 0 Å². The molecule has 1 fully saturated rings. The zero-order chi connectivity index (χ0) is 15.6. The Morgan fingerprint density at radius 2 is 2.14 bits per heavy atom. The van der Waals surface area contributed by atoms with Crippen LogP contribution in [-0.4, -0.2) is 45.4 Å². The summed E-state index contributed by atoms with van der Waals surface area (Å²) in [5, 5.41) is 6.23. The number of hydrogen-bond donors (Lipinski definition) is 2. The highest BCUT2D eigenvalue weighted by atomic mass is 16.5. The second-order valence-corrected chi connectivity index (χ2v) is 5.54. The first-order valence-corrected chi connectivity index (χ1v) is 8.00. The molecule has 1 aliphatic rings. The van der Waals surface area contributed by atoms with Crippen LogP contribution < -0.4 is 15.4 Å². The number of ether oxygens (including phenoxy) is 2. The molecule has 0 bridgehead atoms. The van der Waals surface area contributed by atoms with Crippen molar-refractivity contribution >= 4 is 5.91 Å². The van der Waals surface area contributed by atoms with Crippen molar-refractivity contribution in [3.05, 3.63) is 29.8 Å². The monoisotopic (exact) mass is 306 g/mol. The molecule has 2 N–H and O–H groups in total. The third-order valence-electron chi connectivity index (χ3n) is 3.82. The van der Waals surface area contributed by atoms with Crippen molar-refractivity contribution in [2.75, 3.05) is 33.4 Å². The van der Waals surface area contributed by atoms with Gasteiger partial charge in [-0.15, -0.1) is 0 Å². The molecule has 1 amide bonds. The smallest absolute Gasteiger partial charge is 0.221 e. The summed E-state index contributed by atoms with van der Waals surface area (Å²) < 4.78 is 10.6. The van der Waals surface area contributed by atoms with Gasteiger partial charge in [-0.1, -0.05) is 12.1 Å². The number of benzene rings is 1. The van der Waals surface area contributed by atoms with Gasteiger partial charge in [0, 0.05) is 32.7 Å². The summed E-state index contributed by atoms with van der Waals surface area (Å²) in [7, 11) is 1.65. The predicted octanol–water partition coefficient (Wildman–Crippen LogP) is 1.51. The van der Waals surface area contributed by atoms with Gasteiger partial charge in [0.25, 0.3) is 0 Å². The predicted molar refractivity (Wildman–Crippen MR) is 86.2 cm³/mol. The fourth-order valence-corrected chi connectivity index (χ4v) is 2.50. The van der Waals surface area contributed by atoms with E-state index in [1.165, 1.54) is 5.56 Å². The van der Waals surface area contributed by atoms with E-state index in [9.17, 15) is 4.79 Å². The molecule has 122 valence electrons. The third-order valence-corrected chi connectivity index (χ3v) is 3.82. The molecule has 1 saturated heterocycles. The number of nitrogens with one attached hydrogen (secondary N) is 2. The number of carbonyl (C=O) groups is 1. The molecule has 0 saturated carbocycles. The van der Waals surface area contributed by atoms with E-state index >= 15 is 0 Å². The molecule has 5 heteroatoms. The average Bonchev–Trinajstić information content (AvgIpc) is 3.06. The van der Waals surface area contributed by atoms with Crippen LogP contribution in [0, 0.1) is 0 Å². The summed E-state index contributed by atoms with van der Waals surface area (Å²) in [6.07, 6.45) is 3.95. The Morgan fingerprint density at radius 3 is 2.82 bits per heavy atom. The molecule has 1 heterocycles. The Bertz CT molecular complexity index is 442. The summed E-state index contributed by atoms with van der Waals surface area (Å²) in [6, 6.07) is 7.92. The zero-order valence-corrected chi connectivity index (χ0v) is 13.3. The molecule has 1 aliphatic heterocycles. The van der Waals surface area contributed by atoms with Gasteiger partial charge in [-0.2, -0.15) is 0 Å². The van der Waals surface area contributed by atoms with Crippen molar-refractivity contribution in [3.8, 4) is 5.75 Å². The first-order valence-electron chi connectivity index (χ1n) is 8.00. The van der Waals surface area contributed by atoms with Crippen molar-refractivity contribution in [2.24, 2.45) is 0 Å². The molecule has 2 rings (SSSR count). The number of amides is 1. The van der Waals surface area contributed by atoms with Gasteiger partial charge in [0.05, 0.1) is 13.2 Å². The number of hydrogen-bond acceptors (Lipinski definition) is 4. The first-order chi connectivity index (χ1) is 10.8. The lowest BCUT2D eigenvalue weighted by molar-refractivity contribution is -0.120. The Balaban J connectivity index is 1.51. The molecule has 5 nitrogen and oxygen atoms in total. The Kier molecular flexibility index (Phi) is 7.19. The average molecular weight is 306 g/mol. The first kappa shape index (κ1) is 16.8. The highest BCUT2D eigenvalue weighted by molar-refractivity contribution is 5.76. The van der Waals surface area contributed by atoms with Gasteiger partial charge in [0.2, 0.25) is 5.91 Å². The van der Waals surface area contributed by atoms with Gasteiger partial charge in [-0.05, 0) is 37.0 Å². The molecule has 0 spiro atoms. The Morgan fingerprint density at radius 1 is 1.32 bits per heavy atom. The minimum absolute atomic E-state index is 0.0911. The largest absolute Gasteiger partial charge is 0.497 e. The van der Waals surface area contributed by atoms with Crippen LogP contribution in [-0.2, 0) is 16.0 Å². The molecule has 1 aromatic carbocycles. The van der Waals surface area contributed by atoms with E-state index in [1.807, 2.05) is 24.3 Å². The van der Waals surface area contributed by atoms with Gasteiger partial charge >= 0.3 is 0 Å². The van der Waals surface area contributed by atoms with Crippen LogP contribution in [0.1, 0.15) is 24.8 Å². The lowest BCUT2D eigenvalue weighted by Gasteiger charge is -2.10. The molecule has 1 atom stereocenters. The highest BCUT2D eigenvalue weighted by Crippen LogP contribution is 2.11. The molecule has 0 aliphatic carbocycles. The molecular formula is C17H26N2O3. The van der Waals surface area contributed by atoms with Crippen LogP contribution in [0.15, 0.2) is 24.3 Å². The molecular weight excluding hydrogens is 280 g/mol. The Labute approximate surface area is 132 Å². The topological polar surface area (TPSA) is 59.6 Å². The summed E-state index contributed by atoms with van der Waals surface area (Å²) in [5.74, 6) is 0.943. The maximum Gasteiger partial charge on any atom is 0.221 e. The van der Waals surface area contributed by atoms with Crippen LogP contribution in [0.4, 0.5) is 0 Å². The zero-order valence-electron chi connectivity index (χ0n) is 13.3. The van der Waals surface area contributed by atoms with Crippen LogP contribution in [0.2, 0.25) is 0 Å². The van der Waals surface area contributed by atoms with Crippen molar-refractivity contribution in [2.45, 2.75) is 31.8 Å². The highest BCUT2D eigenvalue weighted by Gasteiger charge is 2.14. The molecule has 0 aromatic heterocycles. The number of methoxy groups -OCH3 is 1. The van der Waals surface area contributed by atoms with Gasteiger partial charge in [-0.3, -0.25) is 4.79 Å². The van der Waals surface area contributed by atoms with Crippen molar-refractivity contribution < 1.29 is 14.3 Å². The van der Waals surface area contributed by atoms with E-state index < -0.39 is 0 Å². The molecule has 1 aromatic rings. The second kappa shape index (κ2) is 9.43. The fraction of sp³-hybridized carbons (Fsp3) is 0.588. The van der Waals surface area contributed by atoms with Gasteiger partial charge in [-0.25, -0.2) is 0 Å². The lowest BCUT2D eigenvalue weighted by atomic mass is 10.1. The minimum atomic E-state index is 0.0911. The standard InChI is InChI=1S/C17H26N2O3/c1-21-15-6-4-14(5-7-15)8-11-19-17(20)9-10-18-13-16-3-2-12-22-16/h4-7,16,18H,2-3,8-13H2,1H3,(H,19,20). The summed E-state index contributed by atoms with van der Waals surface area (Å²) in [4.78, 5) is 11.7. The van der Waals surface area contributed by atoms with Crippen LogP contribution >= 0.6 is 0 Å². The third kappa shape index (κ3) is 6.03. The van der Waals surface area contributed by atoms with Gasteiger partial charge in [0.15, 0.2) is 0 Å². The second-order valence-electron chi connectivity index (χ2n) is 5.54. The summed E-state index contributed by atoms with van der Waals surface area (Å²) in [6.45, 7) is 3.09. The van der Waals surface area contributed by atoms with E-state index in [0.29, 0.717) is 25.6 Å². The van der Waals surface area contributed by atoms with Crippen molar-refractivity contribution in [1.29, 1.82) is 0 Å². The maximum atomic E-state index is 11.7. The molecule has 22 heavy (non-hydrogen) atoms. The van der Waals surface area contributed by atoms with Gasteiger partial charge < -0.3 is 20.1 Å². The van der Waals surface area contributed by atoms with Crippen LogP contribution in [0.3, 0.4) is 0 Å². The van der Waals surface area contributed by atoms with E-state index in [-0.39, 0.29) is 5.91 Å². The minimum Gasteiger partial charge on any atom is -0.497 e. The summed E-state index contributed by atoms with van der Waals surface area (Å²) in [5.41, 5.74) is 1.19. The van der Waals surface area contributed by atoms with E-state index in [1.54, 1.807) is 7.11 Å². The van der Waals surface area contributed by atoms with Crippen molar-refractivity contribution in [1.82, 2.24) is 10.6 Å². The fourth-order valence-electron chi connectivity index (χ4n) is 2.50. The van der Waals surface area contributed by atoms with E-state index in [4.69, 9.17) is 9.47 Å². The Hall–Kier alpha value is -1.59. The summed E-state index contributed by atoms with van der Waals surface area (Å²) >= 11 is 0. The lowest BCUT2D eigenvalue weighted by Crippen LogP contribution is -2.32. The van der Waals surface area contributed by atoms with Crippen LogP contribution in [0.5, 0.6) is 5.75 Å².